The number of aliphatic carboxylic acids is 1. The summed E-state index contributed by atoms with van der Waals surface area (Å²) in [5.74, 6) is -2.25. The highest BCUT2D eigenvalue weighted by molar-refractivity contribution is 7.13. The number of oxime groups is 1. The van der Waals surface area contributed by atoms with E-state index in [1.807, 2.05) is 0 Å². The molecular weight excluding hydrogens is 429 g/mol. The Hall–Kier alpha value is -3.39. The van der Waals surface area contributed by atoms with Crippen LogP contribution in [0.1, 0.15) is 30.7 Å². The number of pyridine rings is 1. The molecule has 0 aromatic carbocycles. The lowest BCUT2D eigenvalue weighted by Crippen LogP contribution is -2.47. The highest BCUT2D eigenvalue weighted by atomic mass is 32.1. The molecule has 0 radical (unpaired) electrons. The third-order valence-corrected chi connectivity index (χ3v) is 5.09. The molecule has 14 heteroatoms. The fourth-order valence-electron chi connectivity index (χ4n) is 2.89. The summed E-state index contributed by atoms with van der Waals surface area (Å²) in [5, 5.41) is 26.6. The molecule has 12 nitrogen and oxygen atoms in total. The van der Waals surface area contributed by atoms with Crippen molar-refractivity contribution >= 4 is 41.5 Å². The second-order valence-corrected chi connectivity index (χ2v) is 7.68. The van der Waals surface area contributed by atoms with Gasteiger partial charge in [0.2, 0.25) is 5.43 Å². The van der Waals surface area contributed by atoms with Crippen LogP contribution < -0.4 is 16.5 Å². The quantitative estimate of drug-likeness (QED) is 0.201. The van der Waals surface area contributed by atoms with Crippen molar-refractivity contribution in [1.29, 1.82) is 0 Å². The van der Waals surface area contributed by atoms with Crippen LogP contribution in [0.5, 0.6) is 5.75 Å². The number of aromatic nitrogens is 2. The molecule has 1 aliphatic heterocycles. The van der Waals surface area contributed by atoms with Gasteiger partial charge in [-0.2, -0.15) is 0 Å². The number of carboxylic acid groups (broad SMARTS) is 1. The molecule has 1 aliphatic rings. The second-order valence-electron chi connectivity index (χ2n) is 6.79. The van der Waals surface area contributed by atoms with Gasteiger partial charge in [-0.05, 0) is 12.8 Å². The molecule has 6 N–H and O–H groups in total. The molecular formula is C17H20BN5O7S. The van der Waals surface area contributed by atoms with Crippen molar-refractivity contribution in [3.8, 4) is 5.75 Å². The number of rotatable bonds is 8. The van der Waals surface area contributed by atoms with Crippen molar-refractivity contribution in [2.24, 2.45) is 5.16 Å². The van der Waals surface area contributed by atoms with E-state index in [2.05, 4.69) is 20.4 Å². The number of aromatic amines is 1. The van der Waals surface area contributed by atoms with Gasteiger partial charge in [-0.15, -0.1) is 11.3 Å². The summed E-state index contributed by atoms with van der Waals surface area (Å²) in [6, 6.07) is 1.15. The molecule has 1 saturated heterocycles. The van der Waals surface area contributed by atoms with Crippen molar-refractivity contribution in [1.82, 2.24) is 15.3 Å². The number of hydrogen-bond acceptors (Lipinski definition) is 10. The van der Waals surface area contributed by atoms with Crippen LogP contribution in [0.25, 0.3) is 0 Å². The van der Waals surface area contributed by atoms with Gasteiger partial charge in [-0.1, -0.05) is 5.16 Å². The van der Waals surface area contributed by atoms with Crippen LogP contribution in [0.4, 0.5) is 5.13 Å². The third kappa shape index (κ3) is 6.29. The summed E-state index contributed by atoms with van der Waals surface area (Å²) in [5.41, 5.74) is 5.53. The first-order chi connectivity index (χ1) is 14.8. The normalized spacial score (nSPS) is 18.8. The number of amides is 1. The number of H-pyrrole nitrogens is 1. The lowest BCUT2D eigenvalue weighted by Gasteiger charge is -2.28. The summed E-state index contributed by atoms with van der Waals surface area (Å²) in [7, 11) is 0.172. The number of nitrogens with one attached hydrogen (secondary N) is 2. The number of anilines is 1. The molecule has 3 heterocycles. The summed E-state index contributed by atoms with van der Waals surface area (Å²) in [6.07, 6.45) is 1.70. The predicted molar refractivity (Wildman–Crippen MR) is 112 cm³/mol. The molecule has 0 spiro atoms. The van der Waals surface area contributed by atoms with Gasteiger partial charge in [0.15, 0.2) is 23.2 Å². The van der Waals surface area contributed by atoms with Gasteiger partial charge < -0.3 is 35.7 Å². The molecule has 2 atom stereocenters. The minimum atomic E-state index is -0.935. The highest BCUT2D eigenvalue weighted by Crippen LogP contribution is 2.16. The van der Waals surface area contributed by atoms with Crippen LogP contribution in [0, 0.1) is 0 Å². The van der Waals surface area contributed by atoms with E-state index in [1.165, 1.54) is 0 Å². The van der Waals surface area contributed by atoms with E-state index in [4.69, 9.17) is 20.3 Å². The van der Waals surface area contributed by atoms with Crippen molar-refractivity contribution in [2.75, 3.05) is 5.73 Å². The van der Waals surface area contributed by atoms with Crippen LogP contribution in [0.15, 0.2) is 27.6 Å². The summed E-state index contributed by atoms with van der Waals surface area (Å²) >= 11 is 1.13. The van der Waals surface area contributed by atoms with E-state index in [0.29, 0.717) is 18.5 Å². The van der Waals surface area contributed by atoms with Crippen LogP contribution in [0.3, 0.4) is 0 Å². The summed E-state index contributed by atoms with van der Waals surface area (Å²) in [4.78, 5) is 47.0. The largest absolute Gasteiger partial charge is 0.503 e. The molecule has 2 aromatic rings. The summed E-state index contributed by atoms with van der Waals surface area (Å²) in [6.45, 7) is -0.157. The monoisotopic (exact) mass is 449 g/mol. The topological polar surface area (TPSA) is 189 Å². The van der Waals surface area contributed by atoms with Gasteiger partial charge in [-0.25, -0.2) is 4.98 Å². The molecule has 0 bridgehead atoms. The van der Waals surface area contributed by atoms with Crippen molar-refractivity contribution in [3.63, 3.8) is 0 Å². The molecule has 3 rings (SSSR count). The molecule has 1 amide bonds. The molecule has 31 heavy (non-hydrogen) atoms. The van der Waals surface area contributed by atoms with E-state index < -0.39 is 23.1 Å². The lowest BCUT2D eigenvalue weighted by atomic mass is 9.79. The van der Waals surface area contributed by atoms with Crippen LogP contribution >= 0.6 is 11.3 Å². The fourth-order valence-corrected chi connectivity index (χ4v) is 3.43. The van der Waals surface area contributed by atoms with Gasteiger partial charge in [-0.3, -0.25) is 14.4 Å². The first-order valence-electron chi connectivity index (χ1n) is 9.28. The van der Waals surface area contributed by atoms with Gasteiger partial charge in [0.1, 0.15) is 5.69 Å². The first kappa shape index (κ1) is 22.3. The molecule has 0 aliphatic carbocycles. The SMILES string of the molecule is Nc1nc(/C(=N/OCc2cc(=O)c(O)c[nH]2)C(=O)N[C@@H]2BO[C@H](CC(=O)O)CC2)cs1. The Kier molecular flexibility index (Phi) is 7.25. The highest BCUT2D eigenvalue weighted by Gasteiger charge is 2.28. The Bertz CT molecular complexity index is 1030. The first-order valence-corrected chi connectivity index (χ1v) is 10.2. The second kappa shape index (κ2) is 10.1. The van der Waals surface area contributed by atoms with Crippen LogP contribution in [-0.4, -0.2) is 57.3 Å². The Morgan fingerprint density at radius 3 is 2.90 bits per heavy atom. The van der Waals surface area contributed by atoms with Gasteiger partial charge >= 0.3 is 5.97 Å². The van der Waals surface area contributed by atoms with Gasteiger partial charge in [0.05, 0.1) is 18.2 Å². The third-order valence-electron chi connectivity index (χ3n) is 4.42. The average Bonchev–Trinajstić information content (AvgIpc) is 3.15. The van der Waals surface area contributed by atoms with Gasteiger partial charge in [0.25, 0.3) is 13.4 Å². The van der Waals surface area contributed by atoms with Crippen LogP contribution in [-0.2, 0) is 25.7 Å². The van der Waals surface area contributed by atoms with E-state index in [0.717, 1.165) is 23.6 Å². The number of nitrogens with zero attached hydrogens (tertiary/aromatic N) is 2. The Morgan fingerprint density at radius 1 is 1.48 bits per heavy atom. The number of carbonyl (C=O) groups excluding carboxylic acids is 1. The molecule has 0 unspecified atom stereocenters. The Labute approximate surface area is 180 Å². The Morgan fingerprint density at radius 2 is 2.29 bits per heavy atom. The maximum atomic E-state index is 12.8. The van der Waals surface area contributed by atoms with Crippen molar-refractivity contribution in [3.05, 3.63) is 39.3 Å². The minimum absolute atomic E-state index is 0.0847. The summed E-state index contributed by atoms with van der Waals surface area (Å²) < 4.78 is 5.50. The number of carbonyl (C=O) groups is 2. The zero-order valence-corrected chi connectivity index (χ0v) is 17.1. The predicted octanol–water partition coefficient (Wildman–Crippen LogP) is -0.512. The Balaban J connectivity index is 1.65. The lowest BCUT2D eigenvalue weighted by molar-refractivity contribution is -0.139. The number of nitrogens with two attached hydrogens (primary N) is 1. The smallest absolute Gasteiger partial charge is 0.305 e. The molecule has 0 saturated carbocycles. The minimum Gasteiger partial charge on any atom is -0.503 e. The maximum Gasteiger partial charge on any atom is 0.305 e. The average molecular weight is 449 g/mol. The number of carboxylic acids is 1. The number of aromatic hydroxyl groups is 1. The fraction of sp³-hybridized carbons (Fsp3) is 0.353. The molecule has 2 aromatic heterocycles. The zero-order chi connectivity index (χ0) is 22.4. The number of thiazole rings is 1. The number of hydrogen-bond donors (Lipinski definition) is 5. The van der Waals surface area contributed by atoms with E-state index in [9.17, 15) is 19.5 Å². The van der Waals surface area contributed by atoms with Crippen molar-refractivity contribution in [2.45, 2.75) is 37.9 Å². The zero-order valence-electron chi connectivity index (χ0n) is 16.2. The molecule has 1 fully saturated rings. The molecule has 164 valence electrons. The van der Waals surface area contributed by atoms with Gasteiger partial charge in [0, 0.05) is 23.6 Å². The maximum absolute atomic E-state index is 12.8. The standard InChI is InChI=1S/C17H20BN5O7S/c19-17-21-10(7-31-17)15(23-29-6-8-3-11(24)12(25)5-20-8)16(28)22-13-2-1-9(30-18-13)4-14(26)27/h3,5,7,9,13,18,25H,1-2,4,6H2,(H2,19,21)(H,20,24)(H,22,28)(H,26,27)/b23-15-/t9-,13-/m0/s1. The van der Waals surface area contributed by atoms with E-state index >= 15 is 0 Å². The van der Waals surface area contributed by atoms with Crippen molar-refractivity contribution < 1.29 is 29.3 Å². The number of nitrogen functional groups attached to an aromatic ring is 1. The van der Waals surface area contributed by atoms with E-state index in [-0.39, 0.29) is 49.1 Å². The van der Waals surface area contributed by atoms with E-state index in [1.54, 1.807) is 5.38 Å². The van der Waals surface area contributed by atoms with Crippen LogP contribution in [0.2, 0.25) is 0 Å².